The molecule has 0 amide bonds. The number of para-hydroxylation sites is 1. The van der Waals surface area contributed by atoms with Crippen LogP contribution in [0.2, 0.25) is 0 Å². The first-order chi connectivity index (χ1) is 19.6. The number of carbonyl (C=O) groups excluding carboxylic acids is 1. The van der Waals surface area contributed by atoms with Crippen molar-refractivity contribution in [3.8, 4) is 11.5 Å². The van der Waals surface area contributed by atoms with E-state index in [0.717, 1.165) is 53.1 Å². The molecule has 0 aromatic heterocycles. The molecule has 0 saturated carbocycles. The first-order valence-corrected chi connectivity index (χ1v) is 14.2. The third-order valence-electron chi connectivity index (χ3n) is 7.55. The fourth-order valence-electron chi connectivity index (χ4n) is 5.69. The molecule has 6 rings (SSSR count). The summed E-state index contributed by atoms with van der Waals surface area (Å²) < 4.78 is 12.9. The second kappa shape index (κ2) is 11.1. The average Bonchev–Trinajstić information content (AvgIpc) is 3.28. The van der Waals surface area contributed by atoms with Crippen molar-refractivity contribution in [2.75, 3.05) is 23.5 Å². The molecule has 1 N–H and O–H groups in total. The molecule has 4 aromatic carbocycles. The quantitative estimate of drug-likeness (QED) is 0.125. The number of rotatable bonds is 10. The highest BCUT2D eigenvalue weighted by atomic mass is 16.7. The van der Waals surface area contributed by atoms with Gasteiger partial charge in [0.15, 0.2) is 5.60 Å². The van der Waals surface area contributed by atoms with Gasteiger partial charge in [0, 0.05) is 40.7 Å². The van der Waals surface area contributed by atoms with Crippen LogP contribution in [0, 0.1) is 0 Å². The van der Waals surface area contributed by atoms with E-state index in [1.54, 1.807) is 0 Å². The number of hydrogen-bond acceptors (Lipinski definition) is 6. The number of ether oxygens (including phenoxy) is 2. The summed E-state index contributed by atoms with van der Waals surface area (Å²) in [6, 6.07) is 29.6. The minimum atomic E-state index is -1.12. The molecule has 204 valence electrons. The summed E-state index contributed by atoms with van der Waals surface area (Å²) in [4.78, 5) is 19.3. The van der Waals surface area contributed by atoms with Gasteiger partial charge in [-0.15, -0.1) is 0 Å². The third-order valence-corrected chi connectivity index (χ3v) is 7.55. The Labute approximate surface area is 235 Å². The zero-order chi connectivity index (χ0) is 27.5. The number of hydroxylamine groups is 1. The van der Waals surface area contributed by atoms with E-state index in [1.807, 2.05) is 103 Å². The van der Waals surface area contributed by atoms with Gasteiger partial charge in [-0.3, -0.25) is 9.90 Å². The first kappa shape index (κ1) is 26.0. The van der Waals surface area contributed by atoms with Gasteiger partial charge in [0.05, 0.1) is 17.9 Å². The molecule has 6 nitrogen and oxygen atoms in total. The lowest BCUT2D eigenvalue weighted by Crippen LogP contribution is -2.33. The molecule has 0 fully saturated rings. The molecule has 0 bridgehead atoms. The zero-order valence-electron chi connectivity index (χ0n) is 23.0. The molecular weight excluding hydrogens is 500 g/mol. The second-order valence-electron chi connectivity index (χ2n) is 10.2. The van der Waals surface area contributed by atoms with Gasteiger partial charge in [-0.2, -0.15) is 0 Å². The standard InChI is InChI=1S/C34H34N2O4/c1-3-5-6-12-21-36(38-4-2)26-18-19-29-32(23-26)39-31-20-17-25(35-24-13-8-7-9-14-24)22-30(31)34(29)28-16-11-10-15-27(28)33(37)40-34/h7-11,13-20,22-23,35H,3-6,12,21H2,1-2H3. The molecule has 40 heavy (non-hydrogen) atoms. The van der Waals surface area contributed by atoms with Crippen molar-refractivity contribution in [1.29, 1.82) is 0 Å². The van der Waals surface area contributed by atoms with Crippen LogP contribution in [0.3, 0.4) is 0 Å². The lowest BCUT2D eigenvalue weighted by atomic mass is 9.77. The molecule has 0 saturated heterocycles. The van der Waals surface area contributed by atoms with E-state index in [1.165, 1.54) is 12.8 Å². The van der Waals surface area contributed by atoms with Gasteiger partial charge in [0.2, 0.25) is 0 Å². The number of anilines is 3. The molecule has 1 unspecified atom stereocenters. The maximum Gasteiger partial charge on any atom is 0.340 e. The Balaban J connectivity index is 1.45. The van der Waals surface area contributed by atoms with Crippen molar-refractivity contribution in [1.82, 2.24) is 0 Å². The molecule has 1 atom stereocenters. The van der Waals surface area contributed by atoms with Crippen LogP contribution in [0.1, 0.15) is 66.6 Å². The van der Waals surface area contributed by atoms with Crippen LogP contribution in [0.5, 0.6) is 11.5 Å². The Hall–Kier alpha value is -4.29. The topological polar surface area (TPSA) is 60.0 Å². The Bertz CT molecular complexity index is 1520. The lowest BCUT2D eigenvalue weighted by molar-refractivity contribution is 0.0224. The van der Waals surface area contributed by atoms with Gasteiger partial charge < -0.3 is 14.8 Å². The van der Waals surface area contributed by atoms with E-state index >= 15 is 0 Å². The Morgan fingerprint density at radius 2 is 1.60 bits per heavy atom. The SMILES string of the molecule is CCCCCCN(OCC)c1ccc2c(c1)Oc1ccc(Nc3ccccc3)cc1C21OC(=O)c2ccccc21. The predicted octanol–water partition coefficient (Wildman–Crippen LogP) is 8.34. The fraction of sp³-hybridized carbons (Fsp3) is 0.265. The van der Waals surface area contributed by atoms with Crippen LogP contribution in [-0.4, -0.2) is 19.1 Å². The van der Waals surface area contributed by atoms with Crippen LogP contribution in [0.15, 0.2) is 91.0 Å². The van der Waals surface area contributed by atoms with E-state index in [-0.39, 0.29) is 5.97 Å². The highest BCUT2D eigenvalue weighted by molar-refractivity contribution is 5.97. The van der Waals surface area contributed by atoms with Crippen LogP contribution < -0.4 is 15.1 Å². The van der Waals surface area contributed by atoms with Gasteiger partial charge >= 0.3 is 5.97 Å². The minimum Gasteiger partial charge on any atom is -0.456 e. The number of hydrogen-bond donors (Lipinski definition) is 1. The number of fused-ring (bicyclic) bond motifs is 6. The van der Waals surface area contributed by atoms with Crippen molar-refractivity contribution >= 4 is 23.0 Å². The fourth-order valence-corrected chi connectivity index (χ4v) is 5.69. The highest BCUT2D eigenvalue weighted by Crippen LogP contribution is 2.57. The van der Waals surface area contributed by atoms with Crippen LogP contribution in [0.25, 0.3) is 0 Å². The number of nitrogens with zero attached hydrogens (tertiary/aromatic N) is 1. The van der Waals surface area contributed by atoms with Crippen LogP contribution in [0.4, 0.5) is 17.1 Å². The summed E-state index contributed by atoms with van der Waals surface area (Å²) >= 11 is 0. The Morgan fingerprint density at radius 1 is 0.775 bits per heavy atom. The lowest BCUT2D eigenvalue weighted by Gasteiger charge is -2.37. The van der Waals surface area contributed by atoms with Gasteiger partial charge in [-0.1, -0.05) is 62.6 Å². The summed E-state index contributed by atoms with van der Waals surface area (Å²) in [6.45, 7) is 5.57. The van der Waals surface area contributed by atoms with Gasteiger partial charge in [0.1, 0.15) is 11.5 Å². The minimum absolute atomic E-state index is 0.341. The molecule has 2 aliphatic rings. The van der Waals surface area contributed by atoms with Gasteiger partial charge in [0.25, 0.3) is 0 Å². The Morgan fingerprint density at radius 3 is 2.42 bits per heavy atom. The monoisotopic (exact) mass is 534 g/mol. The van der Waals surface area contributed by atoms with Crippen LogP contribution in [-0.2, 0) is 15.2 Å². The first-order valence-electron chi connectivity index (χ1n) is 14.2. The molecular formula is C34H34N2O4. The molecule has 0 radical (unpaired) electrons. The van der Waals surface area contributed by atoms with Gasteiger partial charge in [-0.05, 0) is 61.9 Å². The molecule has 2 heterocycles. The van der Waals surface area contributed by atoms with Crippen molar-refractivity contribution < 1.29 is 19.1 Å². The summed E-state index contributed by atoms with van der Waals surface area (Å²) in [5, 5.41) is 5.41. The zero-order valence-corrected chi connectivity index (χ0v) is 23.0. The highest BCUT2D eigenvalue weighted by Gasteiger charge is 2.53. The third kappa shape index (κ3) is 4.58. The largest absolute Gasteiger partial charge is 0.456 e. The van der Waals surface area contributed by atoms with Gasteiger partial charge in [-0.25, -0.2) is 4.79 Å². The number of unbranched alkanes of at least 4 members (excludes halogenated alkanes) is 3. The predicted molar refractivity (Wildman–Crippen MR) is 158 cm³/mol. The van der Waals surface area contributed by atoms with Crippen molar-refractivity contribution in [2.24, 2.45) is 0 Å². The van der Waals surface area contributed by atoms with Crippen molar-refractivity contribution in [3.63, 3.8) is 0 Å². The van der Waals surface area contributed by atoms with E-state index in [2.05, 4.69) is 12.2 Å². The van der Waals surface area contributed by atoms with Crippen LogP contribution >= 0.6 is 0 Å². The summed E-state index contributed by atoms with van der Waals surface area (Å²) in [7, 11) is 0. The maximum atomic E-state index is 13.3. The molecule has 4 aromatic rings. The molecule has 2 aliphatic heterocycles. The summed E-state index contributed by atoms with van der Waals surface area (Å²) in [6.07, 6.45) is 4.59. The molecule has 0 aliphatic carbocycles. The normalized spacial score (nSPS) is 16.5. The molecule has 1 spiro atoms. The average molecular weight is 535 g/mol. The number of esters is 1. The maximum absolute atomic E-state index is 13.3. The summed E-state index contributed by atoms with van der Waals surface area (Å²) in [5.74, 6) is 0.960. The molecule has 6 heteroatoms. The summed E-state index contributed by atoms with van der Waals surface area (Å²) in [5.41, 5.74) is 4.60. The van der Waals surface area contributed by atoms with E-state index < -0.39 is 5.60 Å². The number of benzene rings is 4. The van der Waals surface area contributed by atoms with E-state index in [9.17, 15) is 4.79 Å². The number of carbonyl (C=O) groups is 1. The van der Waals surface area contributed by atoms with Crippen molar-refractivity contribution in [2.45, 2.75) is 45.1 Å². The smallest absolute Gasteiger partial charge is 0.340 e. The van der Waals surface area contributed by atoms with Crippen molar-refractivity contribution in [3.05, 3.63) is 113 Å². The number of nitrogens with one attached hydrogen (secondary N) is 1. The van der Waals surface area contributed by atoms with E-state index in [0.29, 0.717) is 23.7 Å². The second-order valence-corrected chi connectivity index (χ2v) is 10.2. The van der Waals surface area contributed by atoms with E-state index in [4.69, 9.17) is 14.3 Å². The Kier molecular flexibility index (Phi) is 7.18.